The van der Waals surface area contributed by atoms with Crippen LogP contribution in [-0.4, -0.2) is 33.5 Å². The van der Waals surface area contributed by atoms with Crippen molar-refractivity contribution >= 4 is 50.7 Å². The zero-order chi connectivity index (χ0) is 16.8. The third-order valence-corrected chi connectivity index (χ3v) is 5.29. The molecule has 122 valence electrons. The van der Waals surface area contributed by atoms with Crippen molar-refractivity contribution in [2.75, 3.05) is 18.4 Å². The van der Waals surface area contributed by atoms with E-state index in [2.05, 4.69) is 24.1 Å². The number of anilines is 1. The van der Waals surface area contributed by atoms with Gasteiger partial charge in [0.2, 0.25) is 5.91 Å². The van der Waals surface area contributed by atoms with E-state index in [-0.39, 0.29) is 11.2 Å². The van der Waals surface area contributed by atoms with Crippen LogP contribution in [0.15, 0.2) is 42.5 Å². The Labute approximate surface area is 147 Å². The number of thiocarbonyl (C=S) groups is 1. The van der Waals surface area contributed by atoms with Gasteiger partial charge >= 0.3 is 0 Å². The normalized spacial score (nSPS) is 12.0. The molecule has 0 spiro atoms. The number of hydrogen-bond acceptors (Lipinski definition) is 3. The second kappa shape index (κ2) is 8.31. The number of nitrogens with one attached hydrogen (secondary N) is 1. The van der Waals surface area contributed by atoms with E-state index in [9.17, 15) is 4.79 Å². The Morgan fingerprint density at radius 1 is 1.17 bits per heavy atom. The third-order valence-electron chi connectivity index (χ3n) is 3.72. The third kappa shape index (κ3) is 4.45. The second-order valence-electron chi connectivity index (χ2n) is 5.21. The van der Waals surface area contributed by atoms with Gasteiger partial charge in [-0.2, -0.15) is 0 Å². The van der Waals surface area contributed by atoms with Crippen LogP contribution in [0, 0.1) is 0 Å². The lowest BCUT2D eigenvalue weighted by atomic mass is 10.1. The molecule has 0 aliphatic heterocycles. The summed E-state index contributed by atoms with van der Waals surface area (Å²) in [4.78, 5) is 14.6. The summed E-state index contributed by atoms with van der Waals surface area (Å²) in [6.45, 7) is 7.75. The van der Waals surface area contributed by atoms with E-state index in [0.717, 1.165) is 33.9 Å². The molecule has 23 heavy (non-hydrogen) atoms. The van der Waals surface area contributed by atoms with Crippen molar-refractivity contribution in [1.29, 1.82) is 0 Å². The summed E-state index contributed by atoms with van der Waals surface area (Å²) in [5.41, 5.74) is 0.842. The predicted molar refractivity (Wildman–Crippen MR) is 105 cm³/mol. The topological polar surface area (TPSA) is 32.3 Å². The van der Waals surface area contributed by atoms with Crippen LogP contribution >= 0.6 is 24.0 Å². The summed E-state index contributed by atoms with van der Waals surface area (Å²) in [6, 6.07) is 14.0. The number of nitrogens with zero attached hydrogens (tertiary/aromatic N) is 1. The second-order valence-corrected chi connectivity index (χ2v) is 7.19. The molecule has 0 aromatic heterocycles. The lowest BCUT2D eigenvalue weighted by Crippen LogP contribution is -2.31. The highest BCUT2D eigenvalue weighted by Crippen LogP contribution is 2.24. The molecule has 2 rings (SSSR count). The molecule has 0 saturated heterocycles. The van der Waals surface area contributed by atoms with Gasteiger partial charge in [0.25, 0.3) is 0 Å². The van der Waals surface area contributed by atoms with E-state index in [1.165, 1.54) is 11.8 Å². The van der Waals surface area contributed by atoms with E-state index < -0.39 is 0 Å². The first-order valence-corrected chi connectivity index (χ1v) is 9.09. The minimum absolute atomic E-state index is 0.0270. The summed E-state index contributed by atoms with van der Waals surface area (Å²) in [6.07, 6.45) is 0. The molecular formula is C18H22N2OS2. The molecule has 1 N–H and O–H groups in total. The van der Waals surface area contributed by atoms with Crippen molar-refractivity contribution in [3.63, 3.8) is 0 Å². The average molecular weight is 347 g/mol. The fourth-order valence-electron chi connectivity index (χ4n) is 2.33. The highest BCUT2D eigenvalue weighted by atomic mass is 32.2. The van der Waals surface area contributed by atoms with Crippen molar-refractivity contribution in [2.45, 2.75) is 26.0 Å². The van der Waals surface area contributed by atoms with Gasteiger partial charge in [-0.05, 0) is 32.2 Å². The van der Waals surface area contributed by atoms with Gasteiger partial charge in [0, 0.05) is 24.2 Å². The largest absolute Gasteiger partial charge is 0.358 e. The Hall–Kier alpha value is -1.59. The summed E-state index contributed by atoms with van der Waals surface area (Å²) >= 11 is 6.85. The molecule has 0 radical (unpaired) electrons. The first-order chi connectivity index (χ1) is 11.1. The molecule has 1 atom stereocenters. The molecule has 1 amide bonds. The molecule has 0 saturated carbocycles. The summed E-state index contributed by atoms with van der Waals surface area (Å²) in [5.74, 6) is -0.0270. The molecule has 3 nitrogen and oxygen atoms in total. The van der Waals surface area contributed by atoms with Crippen molar-refractivity contribution in [3.05, 3.63) is 42.5 Å². The molecule has 0 bridgehead atoms. The molecular weight excluding hydrogens is 324 g/mol. The first kappa shape index (κ1) is 17.8. The van der Waals surface area contributed by atoms with Crippen LogP contribution in [0.5, 0.6) is 0 Å². The number of carbonyl (C=O) groups excluding carboxylic acids is 1. The zero-order valence-corrected chi connectivity index (χ0v) is 15.3. The van der Waals surface area contributed by atoms with Gasteiger partial charge in [0.15, 0.2) is 0 Å². The highest BCUT2D eigenvalue weighted by Gasteiger charge is 2.18. The van der Waals surface area contributed by atoms with Gasteiger partial charge in [-0.25, -0.2) is 0 Å². The maximum atomic E-state index is 12.5. The van der Waals surface area contributed by atoms with Crippen LogP contribution in [0.1, 0.15) is 20.8 Å². The number of rotatable bonds is 5. The number of hydrogen-bond donors (Lipinski definition) is 1. The average Bonchev–Trinajstić information content (AvgIpc) is 2.56. The summed E-state index contributed by atoms with van der Waals surface area (Å²) in [7, 11) is 0. The van der Waals surface area contributed by atoms with Gasteiger partial charge in [0.05, 0.1) is 5.25 Å². The van der Waals surface area contributed by atoms with Crippen LogP contribution in [0.3, 0.4) is 0 Å². The fraction of sp³-hybridized carbons (Fsp3) is 0.333. The maximum absolute atomic E-state index is 12.5. The van der Waals surface area contributed by atoms with Crippen molar-refractivity contribution < 1.29 is 4.79 Å². The minimum Gasteiger partial charge on any atom is -0.358 e. The Kier molecular flexibility index (Phi) is 6.42. The van der Waals surface area contributed by atoms with Gasteiger partial charge in [-0.15, -0.1) is 0 Å². The minimum atomic E-state index is -0.234. The molecule has 0 unspecified atom stereocenters. The van der Waals surface area contributed by atoms with E-state index in [1.54, 1.807) is 0 Å². The van der Waals surface area contributed by atoms with Crippen molar-refractivity contribution in [3.8, 4) is 0 Å². The summed E-state index contributed by atoms with van der Waals surface area (Å²) < 4.78 is 0.774. The standard InChI is InChI=1S/C18H22N2OS2/c1-4-20(5-2)18(22)23-13(3)17(21)19-16-12-8-10-14-9-6-7-11-15(14)16/h6-13H,4-5H2,1-3H3,(H,19,21)/t13-/m0/s1. The molecule has 0 aliphatic carbocycles. The number of carbonyl (C=O) groups is 1. The highest BCUT2D eigenvalue weighted by molar-refractivity contribution is 8.23. The number of amides is 1. The first-order valence-electron chi connectivity index (χ1n) is 7.81. The number of fused-ring (bicyclic) bond motifs is 1. The molecule has 2 aromatic carbocycles. The van der Waals surface area contributed by atoms with Crippen LogP contribution in [0.25, 0.3) is 10.8 Å². The Balaban J connectivity index is 2.07. The lowest BCUT2D eigenvalue weighted by molar-refractivity contribution is -0.115. The van der Waals surface area contributed by atoms with Crippen LogP contribution in [-0.2, 0) is 4.79 Å². The monoisotopic (exact) mass is 346 g/mol. The molecule has 0 aliphatic rings. The lowest BCUT2D eigenvalue weighted by Gasteiger charge is -2.23. The van der Waals surface area contributed by atoms with Crippen molar-refractivity contribution in [2.24, 2.45) is 0 Å². The van der Waals surface area contributed by atoms with E-state index in [4.69, 9.17) is 12.2 Å². The number of benzene rings is 2. The fourth-order valence-corrected chi connectivity index (χ4v) is 3.90. The Bertz CT molecular complexity index is 693. The molecule has 2 aromatic rings. The predicted octanol–water partition coefficient (Wildman–Crippen LogP) is 4.53. The van der Waals surface area contributed by atoms with Gasteiger partial charge in [-0.3, -0.25) is 4.79 Å². The molecule has 5 heteroatoms. The van der Waals surface area contributed by atoms with Crippen LogP contribution in [0.4, 0.5) is 5.69 Å². The van der Waals surface area contributed by atoms with Gasteiger partial charge in [-0.1, -0.05) is 60.4 Å². The summed E-state index contributed by atoms with van der Waals surface area (Å²) in [5, 5.41) is 4.96. The van der Waals surface area contributed by atoms with E-state index in [0.29, 0.717) is 0 Å². The van der Waals surface area contributed by atoms with E-state index in [1.807, 2.05) is 49.4 Å². The van der Waals surface area contributed by atoms with Gasteiger partial charge in [0.1, 0.15) is 4.32 Å². The van der Waals surface area contributed by atoms with Crippen molar-refractivity contribution in [1.82, 2.24) is 4.90 Å². The van der Waals surface area contributed by atoms with E-state index >= 15 is 0 Å². The maximum Gasteiger partial charge on any atom is 0.237 e. The zero-order valence-electron chi connectivity index (χ0n) is 13.7. The Morgan fingerprint density at radius 2 is 1.83 bits per heavy atom. The van der Waals surface area contributed by atoms with Crippen LogP contribution in [0.2, 0.25) is 0 Å². The quantitative estimate of drug-likeness (QED) is 0.807. The SMILES string of the molecule is CCN(CC)C(=S)S[C@@H](C)C(=O)Nc1cccc2ccccc12. The Morgan fingerprint density at radius 3 is 2.52 bits per heavy atom. The van der Waals surface area contributed by atoms with Crippen LogP contribution < -0.4 is 5.32 Å². The molecule has 0 fully saturated rings. The van der Waals surface area contributed by atoms with Gasteiger partial charge < -0.3 is 10.2 Å². The smallest absolute Gasteiger partial charge is 0.237 e. The molecule has 0 heterocycles. The number of thioether (sulfide) groups is 1.